The molecule has 0 aliphatic heterocycles. The van der Waals surface area contributed by atoms with E-state index in [1.165, 1.54) is 0 Å². The third kappa shape index (κ3) is 4.39. The first kappa shape index (κ1) is 15.7. The van der Waals surface area contributed by atoms with Crippen LogP contribution < -0.4 is 11.1 Å². The van der Waals surface area contributed by atoms with Crippen LogP contribution >= 0.6 is 0 Å². The minimum atomic E-state index is -0.864. The Kier molecular flexibility index (Phi) is 4.46. The number of nitrogens with two attached hydrogens (primary N) is 1. The molecule has 0 radical (unpaired) electrons. The van der Waals surface area contributed by atoms with E-state index < -0.39 is 11.1 Å². The van der Waals surface area contributed by atoms with Gasteiger partial charge in [0.1, 0.15) is 11.1 Å². The maximum absolute atomic E-state index is 12.2. The molecule has 0 unspecified atom stereocenters. The van der Waals surface area contributed by atoms with E-state index in [0.29, 0.717) is 31.3 Å². The van der Waals surface area contributed by atoms with Crippen molar-refractivity contribution in [3.05, 3.63) is 18.5 Å². The topological polar surface area (TPSA) is 90.1 Å². The van der Waals surface area contributed by atoms with Crippen LogP contribution in [0, 0.1) is 5.92 Å². The van der Waals surface area contributed by atoms with Crippen LogP contribution in [0.25, 0.3) is 0 Å². The molecule has 21 heavy (non-hydrogen) atoms. The lowest BCUT2D eigenvalue weighted by atomic mass is 9.97. The predicted octanol–water partition coefficient (Wildman–Crippen LogP) is 1.73. The van der Waals surface area contributed by atoms with Gasteiger partial charge in [0.15, 0.2) is 0 Å². The van der Waals surface area contributed by atoms with Gasteiger partial charge in [0.25, 0.3) is 0 Å². The molecule has 0 bridgehead atoms. The second-order valence-electron chi connectivity index (χ2n) is 6.72. The summed E-state index contributed by atoms with van der Waals surface area (Å²) in [5.41, 5.74) is 4.87. The molecule has 0 amide bonds. The molecule has 1 aliphatic rings. The van der Waals surface area contributed by atoms with Gasteiger partial charge in [-0.25, -0.2) is 9.97 Å². The van der Waals surface area contributed by atoms with E-state index in [1.54, 1.807) is 18.5 Å². The maximum Gasteiger partial charge on any atom is 0.326 e. The molecule has 6 nitrogen and oxygen atoms in total. The Hall–Kier alpha value is -1.69. The van der Waals surface area contributed by atoms with Crippen molar-refractivity contribution < 1.29 is 9.53 Å². The average molecular weight is 292 g/mol. The van der Waals surface area contributed by atoms with E-state index >= 15 is 0 Å². The summed E-state index contributed by atoms with van der Waals surface area (Å²) < 4.78 is 5.43. The second kappa shape index (κ2) is 5.97. The molecule has 1 fully saturated rings. The van der Waals surface area contributed by atoms with Crippen LogP contribution in [0.15, 0.2) is 18.5 Å². The van der Waals surface area contributed by atoms with Gasteiger partial charge >= 0.3 is 5.97 Å². The molecule has 0 saturated heterocycles. The zero-order valence-electron chi connectivity index (χ0n) is 12.9. The van der Waals surface area contributed by atoms with Crippen molar-refractivity contribution in [3.8, 4) is 0 Å². The van der Waals surface area contributed by atoms with Gasteiger partial charge in [-0.2, -0.15) is 0 Å². The van der Waals surface area contributed by atoms with Crippen LogP contribution in [-0.4, -0.2) is 33.6 Å². The fourth-order valence-electron chi connectivity index (χ4n) is 2.55. The number of nitrogens with one attached hydrogen (secondary N) is 1. The van der Waals surface area contributed by atoms with Crippen molar-refractivity contribution >= 4 is 11.9 Å². The maximum atomic E-state index is 12.2. The van der Waals surface area contributed by atoms with Crippen LogP contribution in [0.5, 0.6) is 0 Å². The smallest absolute Gasteiger partial charge is 0.326 e. The summed E-state index contributed by atoms with van der Waals surface area (Å²) >= 11 is 0. The van der Waals surface area contributed by atoms with E-state index in [9.17, 15) is 4.79 Å². The van der Waals surface area contributed by atoms with Crippen molar-refractivity contribution in [2.75, 3.05) is 11.9 Å². The monoisotopic (exact) mass is 292 g/mol. The van der Waals surface area contributed by atoms with E-state index in [-0.39, 0.29) is 5.97 Å². The van der Waals surface area contributed by atoms with Gasteiger partial charge in [0, 0.05) is 18.9 Å². The molecule has 2 atom stereocenters. The minimum Gasteiger partial charge on any atom is -0.459 e. The molecule has 1 aromatic heterocycles. The largest absolute Gasteiger partial charge is 0.459 e. The summed E-state index contributed by atoms with van der Waals surface area (Å²) in [5, 5.41) is 3.18. The number of ether oxygens (including phenoxy) is 1. The van der Waals surface area contributed by atoms with E-state index in [0.717, 1.165) is 6.42 Å². The molecule has 1 aliphatic carbocycles. The average Bonchev–Trinajstić information content (AvgIpc) is 2.79. The number of aromatic nitrogens is 2. The Bertz CT molecular complexity index is 486. The van der Waals surface area contributed by atoms with Gasteiger partial charge in [0.2, 0.25) is 5.95 Å². The van der Waals surface area contributed by atoms with Crippen LogP contribution in [0.3, 0.4) is 0 Å². The van der Waals surface area contributed by atoms with E-state index in [1.807, 2.05) is 20.8 Å². The summed E-state index contributed by atoms with van der Waals surface area (Å²) in [6.45, 7) is 6.28. The molecule has 1 aromatic rings. The Morgan fingerprint density at radius 3 is 2.76 bits per heavy atom. The summed E-state index contributed by atoms with van der Waals surface area (Å²) in [5.74, 6) is 0.629. The molecule has 2 rings (SSSR count). The normalized spacial score (nSPS) is 25.6. The molecule has 3 N–H and O–H groups in total. The zero-order valence-corrected chi connectivity index (χ0v) is 12.9. The zero-order chi connectivity index (χ0) is 15.5. The Morgan fingerprint density at radius 2 is 2.14 bits per heavy atom. The lowest BCUT2D eigenvalue weighted by Gasteiger charge is -2.28. The summed E-state index contributed by atoms with van der Waals surface area (Å²) in [7, 11) is 0. The third-order valence-corrected chi connectivity index (χ3v) is 3.57. The standard InChI is InChI=1S/C15H24N4O2/c1-14(2,3)21-12(20)15(16)6-5-11(9-15)10-19-13-17-7-4-8-18-13/h4,7-8,11H,5-6,9-10,16H2,1-3H3,(H,17,18,19)/t11-,15-/m1/s1. The number of anilines is 1. The Morgan fingerprint density at radius 1 is 1.48 bits per heavy atom. The number of esters is 1. The number of carbonyl (C=O) groups excluding carboxylic acids is 1. The fourth-order valence-corrected chi connectivity index (χ4v) is 2.55. The Balaban J connectivity index is 1.86. The first-order chi connectivity index (χ1) is 9.78. The number of nitrogens with zero attached hydrogens (tertiary/aromatic N) is 2. The van der Waals surface area contributed by atoms with Crippen LogP contribution in [0.4, 0.5) is 5.95 Å². The predicted molar refractivity (Wildman–Crippen MR) is 80.6 cm³/mol. The first-order valence-electron chi connectivity index (χ1n) is 7.32. The summed E-state index contributed by atoms with van der Waals surface area (Å²) in [6, 6.07) is 1.77. The molecule has 6 heteroatoms. The number of hydrogen-bond donors (Lipinski definition) is 2. The summed E-state index contributed by atoms with van der Waals surface area (Å²) in [6.07, 6.45) is 5.57. The van der Waals surface area contributed by atoms with Crippen LogP contribution in [-0.2, 0) is 9.53 Å². The van der Waals surface area contributed by atoms with Crippen molar-refractivity contribution in [2.24, 2.45) is 11.7 Å². The van der Waals surface area contributed by atoms with Crippen molar-refractivity contribution in [2.45, 2.75) is 51.2 Å². The highest BCUT2D eigenvalue weighted by Gasteiger charge is 2.44. The van der Waals surface area contributed by atoms with Crippen molar-refractivity contribution in [3.63, 3.8) is 0 Å². The van der Waals surface area contributed by atoms with E-state index in [4.69, 9.17) is 10.5 Å². The van der Waals surface area contributed by atoms with Gasteiger partial charge in [-0.05, 0) is 52.0 Å². The first-order valence-corrected chi connectivity index (χ1v) is 7.32. The third-order valence-electron chi connectivity index (χ3n) is 3.57. The number of rotatable bonds is 4. The molecule has 0 spiro atoms. The van der Waals surface area contributed by atoms with Gasteiger partial charge in [0.05, 0.1) is 0 Å². The fraction of sp³-hybridized carbons (Fsp3) is 0.667. The molecular formula is C15H24N4O2. The molecule has 1 heterocycles. The van der Waals surface area contributed by atoms with Gasteiger partial charge in [-0.3, -0.25) is 4.79 Å². The van der Waals surface area contributed by atoms with Gasteiger partial charge < -0.3 is 15.8 Å². The molecule has 1 saturated carbocycles. The lowest BCUT2D eigenvalue weighted by Crippen LogP contribution is -2.49. The van der Waals surface area contributed by atoms with Crippen LogP contribution in [0.2, 0.25) is 0 Å². The Labute approximate surface area is 125 Å². The van der Waals surface area contributed by atoms with Gasteiger partial charge in [-0.15, -0.1) is 0 Å². The highest BCUT2D eigenvalue weighted by molar-refractivity contribution is 5.81. The van der Waals surface area contributed by atoms with Crippen LogP contribution in [0.1, 0.15) is 40.0 Å². The molecule has 0 aromatic carbocycles. The SMILES string of the molecule is CC(C)(C)OC(=O)[C@@]1(N)CC[C@@H](CNc2ncccn2)C1. The number of carbonyl (C=O) groups is 1. The van der Waals surface area contributed by atoms with E-state index in [2.05, 4.69) is 15.3 Å². The second-order valence-corrected chi connectivity index (χ2v) is 6.72. The van der Waals surface area contributed by atoms with Crippen molar-refractivity contribution in [1.29, 1.82) is 0 Å². The lowest BCUT2D eigenvalue weighted by molar-refractivity contribution is -0.161. The van der Waals surface area contributed by atoms with Crippen molar-refractivity contribution in [1.82, 2.24) is 9.97 Å². The highest BCUT2D eigenvalue weighted by Crippen LogP contribution is 2.34. The minimum absolute atomic E-state index is 0.298. The quantitative estimate of drug-likeness (QED) is 0.821. The highest BCUT2D eigenvalue weighted by atomic mass is 16.6. The van der Waals surface area contributed by atoms with Gasteiger partial charge in [-0.1, -0.05) is 0 Å². The molecular weight excluding hydrogens is 268 g/mol. The molecule has 116 valence electrons. The number of hydrogen-bond acceptors (Lipinski definition) is 6. The summed E-state index contributed by atoms with van der Waals surface area (Å²) in [4.78, 5) is 20.4.